The minimum absolute atomic E-state index is 0.00412. The predicted molar refractivity (Wildman–Crippen MR) is 82.6 cm³/mol. The number of aromatic nitrogens is 2. The second kappa shape index (κ2) is 7.45. The maximum absolute atomic E-state index is 12.8. The van der Waals surface area contributed by atoms with Crippen LogP contribution in [0.25, 0.3) is 0 Å². The summed E-state index contributed by atoms with van der Waals surface area (Å²) >= 11 is 0. The highest BCUT2D eigenvalue weighted by Gasteiger charge is 2.25. The van der Waals surface area contributed by atoms with Crippen LogP contribution in [0.5, 0.6) is 0 Å². The molecule has 6 nitrogen and oxygen atoms in total. The summed E-state index contributed by atoms with van der Waals surface area (Å²) in [6.45, 7) is 7.23. The molecule has 118 valence electrons. The molecule has 1 aliphatic heterocycles. The van der Waals surface area contributed by atoms with E-state index in [0.717, 1.165) is 38.3 Å². The van der Waals surface area contributed by atoms with Crippen molar-refractivity contribution in [2.75, 3.05) is 32.1 Å². The van der Waals surface area contributed by atoms with Gasteiger partial charge in [-0.3, -0.25) is 4.79 Å². The maximum atomic E-state index is 12.8. The Kier molecular flexibility index (Phi) is 5.61. The fraction of sp³-hybridized carbons (Fsp3) is 0.733. The summed E-state index contributed by atoms with van der Waals surface area (Å²) in [5, 5.41) is 3.23. The van der Waals surface area contributed by atoms with E-state index in [2.05, 4.69) is 24.1 Å². The minimum Gasteiger partial charge on any atom is -0.383 e. The summed E-state index contributed by atoms with van der Waals surface area (Å²) in [4.78, 5) is 19.1. The summed E-state index contributed by atoms with van der Waals surface area (Å²) in [6.07, 6.45) is 4.82. The molecule has 0 atom stereocenters. The number of ether oxygens (including phenoxy) is 1. The molecular weight excluding hydrogens is 268 g/mol. The molecule has 0 aliphatic carbocycles. The van der Waals surface area contributed by atoms with Gasteiger partial charge in [0.2, 0.25) is 5.95 Å². The Labute approximate surface area is 126 Å². The number of carbonyl (C=O) groups is 1. The fourth-order valence-electron chi connectivity index (χ4n) is 2.80. The standard InChI is InChI=1S/C15H26N4O2/c1-4-12(5-2)19(9-10-21-3)14(20)13-11-18-8-6-7-16-15(18)17-13/h11-12H,4-10H2,1-3H3,(H,16,17). The second-order valence-electron chi connectivity index (χ2n) is 5.39. The Morgan fingerprint density at radius 3 is 2.90 bits per heavy atom. The number of imidazole rings is 1. The Morgan fingerprint density at radius 1 is 1.52 bits per heavy atom. The lowest BCUT2D eigenvalue weighted by Gasteiger charge is -2.29. The zero-order chi connectivity index (χ0) is 15.2. The molecule has 0 fully saturated rings. The first-order valence-electron chi connectivity index (χ1n) is 7.82. The van der Waals surface area contributed by atoms with Crippen molar-refractivity contribution < 1.29 is 9.53 Å². The van der Waals surface area contributed by atoms with Crippen molar-refractivity contribution in [1.82, 2.24) is 14.5 Å². The number of anilines is 1. The number of aryl methyl sites for hydroxylation is 1. The Morgan fingerprint density at radius 2 is 2.29 bits per heavy atom. The highest BCUT2D eigenvalue weighted by atomic mass is 16.5. The summed E-state index contributed by atoms with van der Waals surface area (Å²) in [5.41, 5.74) is 0.530. The molecule has 6 heteroatoms. The van der Waals surface area contributed by atoms with E-state index in [1.807, 2.05) is 15.7 Å². The summed E-state index contributed by atoms with van der Waals surface area (Å²) in [5.74, 6) is 0.810. The zero-order valence-corrected chi connectivity index (χ0v) is 13.3. The van der Waals surface area contributed by atoms with E-state index in [0.29, 0.717) is 18.8 Å². The molecule has 1 aliphatic rings. The lowest BCUT2D eigenvalue weighted by Crippen LogP contribution is -2.42. The molecule has 0 unspecified atom stereocenters. The molecule has 1 aromatic rings. The highest BCUT2D eigenvalue weighted by molar-refractivity contribution is 5.93. The molecule has 0 spiro atoms. The zero-order valence-electron chi connectivity index (χ0n) is 13.3. The van der Waals surface area contributed by atoms with E-state index in [-0.39, 0.29) is 11.9 Å². The van der Waals surface area contributed by atoms with Crippen LogP contribution in [0.2, 0.25) is 0 Å². The lowest BCUT2D eigenvalue weighted by atomic mass is 10.1. The summed E-state index contributed by atoms with van der Waals surface area (Å²) in [7, 11) is 1.66. The van der Waals surface area contributed by atoms with Gasteiger partial charge in [0.15, 0.2) is 0 Å². The van der Waals surface area contributed by atoms with E-state index in [1.165, 1.54) is 0 Å². The van der Waals surface area contributed by atoms with Crippen LogP contribution < -0.4 is 5.32 Å². The van der Waals surface area contributed by atoms with E-state index >= 15 is 0 Å². The number of amides is 1. The number of nitrogens with one attached hydrogen (secondary N) is 1. The van der Waals surface area contributed by atoms with E-state index in [9.17, 15) is 4.79 Å². The molecule has 2 heterocycles. The van der Waals surface area contributed by atoms with Gasteiger partial charge in [-0.05, 0) is 19.3 Å². The van der Waals surface area contributed by atoms with Crippen LogP contribution in [0, 0.1) is 0 Å². The number of nitrogens with zero attached hydrogens (tertiary/aromatic N) is 3. The van der Waals surface area contributed by atoms with Crippen molar-refractivity contribution in [3.8, 4) is 0 Å². The number of fused-ring (bicyclic) bond motifs is 1. The van der Waals surface area contributed by atoms with Gasteiger partial charge in [-0.2, -0.15) is 0 Å². The third-order valence-electron chi connectivity index (χ3n) is 4.04. The molecule has 1 amide bonds. The maximum Gasteiger partial charge on any atom is 0.274 e. The predicted octanol–water partition coefficient (Wildman–Crippen LogP) is 1.98. The van der Waals surface area contributed by atoms with Crippen molar-refractivity contribution in [3.05, 3.63) is 11.9 Å². The summed E-state index contributed by atoms with van der Waals surface area (Å²) < 4.78 is 7.17. The normalized spacial score (nSPS) is 13.9. The third kappa shape index (κ3) is 3.56. The Bertz CT molecular complexity index is 445. The van der Waals surface area contributed by atoms with Gasteiger partial charge in [-0.1, -0.05) is 13.8 Å². The minimum atomic E-state index is 0.00412. The smallest absolute Gasteiger partial charge is 0.274 e. The van der Waals surface area contributed by atoms with Crippen molar-refractivity contribution in [2.45, 2.75) is 45.7 Å². The number of methoxy groups -OCH3 is 1. The van der Waals surface area contributed by atoms with Gasteiger partial charge in [0.1, 0.15) is 5.69 Å². The molecule has 2 rings (SSSR count). The van der Waals surface area contributed by atoms with Crippen LogP contribution in [0.3, 0.4) is 0 Å². The molecule has 0 saturated heterocycles. The highest BCUT2D eigenvalue weighted by Crippen LogP contribution is 2.18. The van der Waals surface area contributed by atoms with Crippen molar-refractivity contribution >= 4 is 11.9 Å². The third-order valence-corrected chi connectivity index (χ3v) is 4.04. The molecule has 1 N–H and O–H groups in total. The quantitative estimate of drug-likeness (QED) is 0.835. The largest absolute Gasteiger partial charge is 0.383 e. The van der Waals surface area contributed by atoms with Crippen LogP contribution in [0.15, 0.2) is 6.20 Å². The fourth-order valence-corrected chi connectivity index (χ4v) is 2.80. The van der Waals surface area contributed by atoms with Gasteiger partial charge in [0.05, 0.1) is 6.61 Å². The van der Waals surface area contributed by atoms with Gasteiger partial charge in [-0.25, -0.2) is 4.98 Å². The van der Waals surface area contributed by atoms with Crippen LogP contribution >= 0.6 is 0 Å². The first kappa shape index (κ1) is 15.8. The van der Waals surface area contributed by atoms with Gasteiger partial charge in [0.25, 0.3) is 5.91 Å². The van der Waals surface area contributed by atoms with Crippen LogP contribution in [0.1, 0.15) is 43.6 Å². The van der Waals surface area contributed by atoms with Crippen molar-refractivity contribution in [1.29, 1.82) is 0 Å². The Hall–Kier alpha value is -1.56. The van der Waals surface area contributed by atoms with E-state index in [4.69, 9.17) is 4.74 Å². The molecule has 0 bridgehead atoms. The van der Waals surface area contributed by atoms with Gasteiger partial charge < -0.3 is 19.5 Å². The van der Waals surface area contributed by atoms with Crippen LogP contribution in [-0.4, -0.2) is 53.2 Å². The Balaban J connectivity index is 2.18. The average molecular weight is 294 g/mol. The first-order chi connectivity index (χ1) is 10.2. The number of hydrogen-bond acceptors (Lipinski definition) is 4. The number of carbonyl (C=O) groups excluding carboxylic acids is 1. The van der Waals surface area contributed by atoms with Gasteiger partial charge in [-0.15, -0.1) is 0 Å². The monoisotopic (exact) mass is 294 g/mol. The van der Waals surface area contributed by atoms with E-state index < -0.39 is 0 Å². The average Bonchev–Trinajstić information content (AvgIpc) is 2.95. The first-order valence-corrected chi connectivity index (χ1v) is 7.82. The topological polar surface area (TPSA) is 59.4 Å². The SMILES string of the molecule is CCC(CC)N(CCOC)C(=O)c1cn2c(n1)NCCC2. The molecule has 0 saturated carbocycles. The van der Waals surface area contributed by atoms with Gasteiger partial charge >= 0.3 is 0 Å². The van der Waals surface area contributed by atoms with Gasteiger partial charge in [0, 0.05) is 39.0 Å². The molecule has 21 heavy (non-hydrogen) atoms. The molecule has 0 aromatic carbocycles. The van der Waals surface area contributed by atoms with E-state index in [1.54, 1.807) is 7.11 Å². The molecule has 0 radical (unpaired) electrons. The van der Waals surface area contributed by atoms with Crippen LogP contribution in [-0.2, 0) is 11.3 Å². The number of rotatable bonds is 7. The second-order valence-corrected chi connectivity index (χ2v) is 5.39. The lowest BCUT2D eigenvalue weighted by molar-refractivity contribution is 0.0584. The van der Waals surface area contributed by atoms with Crippen molar-refractivity contribution in [2.24, 2.45) is 0 Å². The molecule has 1 aromatic heterocycles. The summed E-state index contributed by atoms with van der Waals surface area (Å²) in [6, 6.07) is 0.235. The van der Waals surface area contributed by atoms with Crippen LogP contribution in [0.4, 0.5) is 5.95 Å². The number of hydrogen-bond donors (Lipinski definition) is 1. The van der Waals surface area contributed by atoms with Crippen molar-refractivity contribution in [3.63, 3.8) is 0 Å². The molecular formula is C15H26N4O2.